The van der Waals surface area contributed by atoms with E-state index < -0.39 is 31.5 Å². The first-order chi connectivity index (χ1) is 7.73. The molecule has 0 aliphatic heterocycles. The molecule has 0 aliphatic rings. The second kappa shape index (κ2) is 5.44. The van der Waals surface area contributed by atoms with Gasteiger partial charge in [0.2, 0.25) is 0 Å². The largest absolute Gasteiger partial charge is 0.229 e. The molecule has 0 amide bonds. The molecule has 0 heterocycles. The molecule has 0 N–H and O–H groups in total. The van der Waals surface area contributed by atoms with Gasteiger partial charge in [0.05, 0.1) is 5.25 Å². The highest BCUT2D eigenvalue weighted by atomic mass is 79.9. The lowest BCUT2D eigenvalue weighted by Crippen LogP contribution is -2.28. The van der Waals surface area contributed by atoms with Crippen LogP contribution in [-0.2, 0) is 16.3 Å². The summed E-state index contributed by atoms with van der Waals surface area (Å²) in [7, 11) is -3.21. The van der Waals surface area contributed by atoms with Crippen LogP contribution in [0.15, 0.2) is 18.2 Å². The first kappa shape index (κ1) is 14.6. The van der Waals surface area contributed by atoms with Gasteiger partial charge in [0, 0.05) is 11.1 Å². The average Bonchev–Trinajstić information content (AvgIpc) is 2.22. The quantitative estimate of drug-likeness (QED) is 0.797. The maximum absolute atomic E-state index is 13.4. The van der Waals surface area contributed by atoms with Crippen LogP contribution >= 0.6 is 15.9 Å². The van der Waals surface area contributed by atoms with Crippen molar-refractivity contribution in [2.45, 2.75) is 23.4 Å². The lowest BCUT2D eigenvalue weighted by atomic mass is 10.1. The molecule has 1 aromatic rings. The van der Waals surface area contributed by atoms with Crippen molar-refractivity contribution >= 4 is 25.8 Å². The van der Waals surface area contributed by atoms with E-state index in [-0.39, 0.29) is 12.0 Å². The molecule has 1 aromatic carbocycles. The topological polar surface area (TPSA) is 34.1 Å². The highest BCUT2D eigenvalue weighted by Crippen LogP contribution is 2.21. The number of rotatable bonds is 4. The van der Waals surface area contributed by atoms with E-state index in [1.165, 1.54) is 19.1 Å². The van der Waals surface area contributed by atoms with Crippen LogP contribution in [-0.4, -0.2) is 24.8 Å². The molecule has 0 saturated carbocycles. The Bertz CT molecular complexity index is 502. The summed E-state index contributed by atoms with van der Waals surface area (Å²) < 4.78 is 49.0. The van der Waals surface area contributed by atoms with Gasteiger partial charge in [-0.15, -0.1) is 0 Å². The SMILES string of the molecule is CC(C(Br)Cc1cccc(F)c1F)S(C)(=O)=O. The number of halogens is 3. The van der Waals surface area contributed by atoms with Gasteiger partial charge in [-0.1, -0.05) is 28.1 Å². The predicted molar refractivity (Wildman–Crippen MR) is 67.1 cm³/mol. The summed E-state index contributed by atoms with van der Waals surface area (Å²) >= 11 is 3.21. The molecule has 17 heavy (non-hydrogen) atoms. The van der Waals surface area contributed by atoms with Gasteiger partial charge >= 0.3 is 0 Å². The third-order valence-corrected chi connectivity index (χ3v) is 5.78. The van der Waals surface area contributed by atoms with Crippen molar-refractivity contribution in [3.05, 3.63) is 35.4 Å². The minimum absolute atomic E-state index is 0.123. The standard InChI is InChI=1S/C11H13BrF2O2S/c1-7(17(2,15)16)9(12)6-8-4-3-5-10(13)11(8)14/h3-5,7,9H,6H2,1-2H3. The summed E-state index contributed by atoms with van der Waals surface area (Å²) in [4.78, 5) is -0.450. The van der Waals surface area contributed by atoms with Gasteiger partial charge in [-0.25, -0.2) is 17.2 Å². The van der Waals surface area contributed by atoms with Crippen LogP contribution in [0.3, 0.4) is 0 Å². The lowest BCUT2D eigenvalue weighted by molar-refractivity contribution is 0.497. The summed E-state index contributed by atoms with van der Waals surface area (Å²) in [6.45, 7) is 1.53. The normalized spacial score (nSPS) is 15.6. The van der Waals surface area contributed by atoms with Crippen LogP contribution in [0.1, 0.15) is 12.5 Å². The number of sulfone groups is 1. The van der Waals surface area contributed by atoms with Gasteiger partial charge in [-0.05, 0) is 25.0 Å². The molecular formula is C11H13BrF2O2S. The number of alkyl halides is 1. The van der Waals surface area contributed by atoms with E-state index in [2.05, 4.69) is 15.9 Å². The lowest BCUT2D eigenvalue weighted by Gasteiger charge is -2.17. The molecular weight excluding hydrogens is 314 g/mol. The van der Waals surface area contributed by atoms with Crippen molar-refractivity contribution in [1.82, 2.24) is 0 Å². The van der Waals surface area contributed by atoms with E-state index >= 15 is 0 Å². The fourth-order valence-electron chi connectivity index (χ4n) is 1.35. The van der Waals surface area contributed by atoms with E-state index in [1.54, 1.807) is 0 Å². The van der Waals surface area contributed by atoms with E-state index in [4.69, 9.17) is 0 Å². The maximum atomic E-state index is 13.4. The third-order valence-electron chi connectivity index (χ3n) is 2.63. The van der Waals surface area contributed by atoms with Crippen molar-refractivity contribution in [3.63, 3.8) is 0 Å². The zero-order valence-corrected chi connectivity index (χ0v) is 11.9. The van der Waals surface area contributed by atoms with Crippen molar-refractivity contribution in [3.8, 4) is 0 Å². The van der Waals surface area contributed by atoms with Crippen LogP contribution in [0.4, 0.5) is 8.78 Å². The van der Waals surface area contributed by atoms with Crippen molar-refractivity contribution < 1.29 is 17.2 Å². The van der Waals surface area contributed by atoms with Gasteiger partial charge < -0.3 is 0 Å². The molecule has 0 aliphatic carbocycles. The summed E-state index contributed by atoms with van der Waals surface area (Å²) in [5.74, 6) is -1.84. The Kier molecular flexibility index (Phi) is 4.66. The molecule has 0 aromatic heterocycles. The molecule has 0 bridgehead atoms. The minimum Gasteiger partial charge on any atom is -0.229 e. The van der Waals surface area contributed by atoms with Crippen LogP contribution in [0.2, 0.25) is 0 Å². The maximum Gasteiger partial charge on any atom is 0.162 e. The molecule has 0 spiro atoms. The van der Waals surface area contributed by atoms with Crippen LogP contribution in [0, 0.1) is 11.6 Å². The zero-order valence-electron chi connectivity index (χ0n) is 9.45. The highest BCUT2D eigenvalue weighted by molar-refractivity contribution is 9.09. The summed E-state index contributed by atoms with van der Waals surface area (Å²) in [5, 5.41) is -0.662. The first-order valence-electron chi connectivity index (χ1n) is 4.99. The molecule has 2 unspecified atom stereocenters. The van der Waals surface area contributed by atoms with Crippen LogP contribution in [0.5, 0.6) is 0 Å². The number of hydrogen-bond acceptors (Lipinski definition) is 2. The molecule has 0 radical (unpaired) electrons. The Labute approximate surface area is 108 Å². The van der Waals surface area contributed by atoms with Crippen LogP contribution in [0.25, 0.3) is 0 Å². The second-order valence-corrected chi connectivity index (χ2v) is 7.55. The minimum atomic E-state index is -3.21. The van der Waals surface area contributed by atoms with Crippen molar-refractivity contribution in [2.24, 2.45) is 0 Å². The summed E-state index contributed by atoms with van der Waals surface area (Å²) in [6.07, 6.45) is 1.24. The summed E-state index contributed by atoms with van der Waals surface area (Å²) in [6, 6.07) is 3.88. The Balaban J connectivity index is 2.89. The summed E-state index contributed by atoms with van der Waals surface area (Å²) in [5.41, 5.74) is 0.169. The molecule has 0 fully saturated rings. The molecule has 6 heteroatoms. The smallest absolute Gasteiger partial charge is 0.162 e. The monoisotopic (exact) mass is 326 g/mol. The van der Waals surface area contributed by atoms with Crippen molar-refractivity contribution in [1.29, 1.82) is 0 Å². The van der Waals surface area contributed by atoms with Gasteiger partial charge in [-0.2, -0.15) is 0 Å². The molecule has 1 rings (SSSR count). The Morgan fingerprint density at radius 2 is 1.94 bits per heavy atom. The molecule has 2 atom stereocenters. The van der Waals surface area contributed by atoms with E-state index in [1.807, 2.05) is 0 Å². The van der Waals surface area contributed by atoms with E-state index in [0.29, 0.717) is 0 Å². The number of benzene rings is 1. The molecule has 96 valence electrons. The molecule has 2 nitrogen and oxygen atoms in total. The van der Waals surface area contributed by atoms with E-state index in [0.717, 1.165) is 12.3 Å². The highest BCUT2D eigenvalue weighted by Gasteiger charge is 2.25. The zero-order chi connectivity index (χ0) is 13.2. The average molecular weight is 327 g/mol. The van der Waals surface area contributed by atoms with Gasteiger partial charge in [0.25, 0.3) is 0 Å². The van der Waals surface area contributed by atoms with Crippen LogP contribution < -0.4 is 0 Å². The second-order valence-electron chi connectivity index (χ2n) is 3.97. The first-order valence-corrected chi connectivity index (χ1v) is 7.86. The third kappa shape index (κ3) is 3.74. The number of hydrogen-bond donors (Lipinski definition) is 0. The Morgan fingerprint density at radius 1 is 1.35 bits per heavy atom. The fourth-order valence-corrected chi connectivity index (χ4v) is 3.51. The Hall–Kier alpha value is -0.490. The van der Waals surface area contributed by atoms with Gasteiger partial charge in [-0.3, -0.25) is 0 Å². The Morgan fingerprint density at radius 3 is 2.47 bits per heavy atom. The van der Waals surface area contributed by atoms with Gasteiger partial charge in [0.1, 0.15) is 0 Å². The molecule has 0 saturated heterocycles. The van der Waals surface area contributed by atoms with Crippen molar-refractivity contribution in [2.75, 3.05) is 6.26 Å². The predicted octanol–water partition coefficient (Wildman–Crippen LogP) is 2.70. The van der Waals surface area contributed by atoms with Gasteiger partial charge in [0.15, 0.2) is 21.5 Å². The van der Waals surface area contributed by atoms with E-state index in [9.17, 15) is 17.2 Å². The fraction of sp³-hybridized carbons (Fsp3) is 0.455.